The van der Waals surface area contributed by atoms with Crippen LogP contribution in [-0.4, -0.2) is 79.6 Å². The minimum Gasteiger partial charge on any atom is -0.390 e. The van der Waals surface area contributed by atoms with Crippen LogP contribution < -0.4 is 20.9 Å². The van der Waals surface area contributed by atoms with Crippen molar-refractivity contribution in [3.63, 3.8) is 0 Å². The SMILES string of the molecule is CCNC(=O)C(Cc1ccc(Cl)cc1)N1C[C@H](C(=O)N[C@@H](Cc2ccccc2)C(O)CNCc2cccc(N(C)C)c2)CC1=O. The highest BCUT2D eigenvalue weighted by atomic mass is 35.5. The molecule has 3 amide bonds. The Bertz CT molecular complexity index is 1420. The Morgan fingerprint density at radius 2 is 1.67 bits per heavy atom. The van der Waals surface area contributed by atoms with Crippen molar-refractivity contribution in [2.45, 2.75) is 50.9 Å². The number of carbonyl (C=O) groups excluding carboxylic acids is 3. The molecule has 45 heavy (non-hydrogen) atoms. The van der Waals surface area contributed by atoms with Gasteiger partial charge in [-0.1, -0.05) is 66.2 Å². The molecule has 1 aliphatic heterocycles. The summed E-state index contributed by atoms with van der Waals surface area (Å²) in [5.74, 6) is -1.47. The second kappa shape index (κ2) is 16.4. The average molecular weight is 634 g/mol. The van der Waals surface area contributed by atoms with Crippen molar-refractivity contribution in [3.8, 4) is 0 Å². The van der Waals surface area contributed by atoms with Crippen LogP contribution >= 0.6 is 11.6 Å². The molecule has 1 heterocycles. The molecule has 4 rings (SSSR count). The summed E-state index contributed by atoms with van der Waals surface area (Å²) in [6.45, 7) is 3.20. The summed E-state index contributed by atoms with van der Waals surface area (Å²) in [4.78, 5) is 43.5. The third-order valence-corrected chi connectivity index (χ3v) is 8.35. The van der Waals surface area contributed by atoms with Gasteiger partial charge in [0, 0.05) is 63.8 Å². The largest absolute Gasteiger partial charge is 0.390 e. The number of anilines is 1. The maximum atomic E-state index is 13.6. The van der Waals surface area contributed by atoms with Gasteiger partial charge in [0.1, 0.15) is 6.04 Å². The van der Waals surface area contributed by atoms with E-state index < -0.39 is 24.1 Å². The van der Waals surface area contributed by atoms with Gasteiger partial charge in [0.25, 0.3) is 0 Å². The van der Waals surface area contributed by atoms with Crippen LogP contribution in [0.4, 0.5) is 5.69 Å². The number of rotatable bonds is 15. The van der Waals surface area contributed by atoms with Gasteiger partial charge in [-0.3, -0.25) is 14.4 Å². The Balaban J connectivity index is 1.43. The second-order valence-corrected chi connectivity index (χ2v) is 12.2. The van der Waals surface area contributed by atoms with Gasteiger partial charge in [-0.2, -0.15) is 0 Å². The van der Waals surface area contributed by atoms with Gasteiger partial charge in [0.2, 0.25) is 17.7 Å². The van der Waals surface area contributed by atoms with Crippen LogP contribution in [0, 0.1) is 5.92 Å². The van der Waals surface area contributed by atoms with Crippen molar-refractivity contribution in [3.05, 3.63) is 101 Å². The van der Waals surface area contributed by atoms with Gasteiger partial charge >= 0.3 is 0 Å². The first-order valence-electron chi connectivity index (χ1n) is 15.5. The van der Waals surface area contributed by atoms with E-state index in [0.717, 1.165) is 22.4 Å². The number of aliphatic hydroxyl groups excluding tert-OH is 1. The zero-order chi connectivity index (χ0) is 32.3. The molecule has 0 radical (unpaired) electrons. The van der Waals surface area contributed by atoms with Crippen molar-refractivity contribution in [1.82, 2.24) is 20.9 Å². The van der Waals surface area contributed by atoms with Crippen molar-refractivity contribution < 1.29 is 19.5 Å². The highest BCUT2D eigenvalue weighted by molar-refractivity contribution is 6.30. The molecule has 1 aliphatic rings. The molecule has 3 aromatic rings. The number of nitrogens with zero attached hydrogens (tertiary/aromatic N) is 2. The molecule has 4 N–H and O–H groups in total. The van der Waals surface area contributed by atoms with Crippen molar-refractivity contribution in [2.75, 3.05) is 38.6 Å². The highest BCUT2D eigenvalue weighted by Crippen LogP contribution is 2.24. The standard InChI is InChI=1S/C35H44ClN5O4/c1-4-38-35(45)31(19-25-13-15-28(36)16-14-25)41-23-27(20-33(41)43)34(44)39-30(18-24-9-6-5-7-10-24)32(42)22-37-21-26-11-8-12-29(17-26)40(2)3/h5-17,27,30-32,37,42H,4,18-23H2,1-3H3,(H,38,45)(H,39,44)/t27-,30+,31?,32?/m1/s1. The molecule has 9 nitrogen and oxygen atoms in total. The zero-order valence-electron chi connectivity index (χ0n) is 26.2. The van der Waals surface area contributed by atoms with E-state index in [9.17, 15) is 19.5 Å². The number of likely N-dealkylation sites (tertiary alicyclic amines) is 1. The summed E-state index contributed by atoms with van der Waals surface area (Å²) in [5, 5.41) is 21.0. The fourth-order valence-electron chi connectivity index (χ4n) is 5.59. The number of likely N-dealkylation sites (N-methyl/N-ethyl adjacent to an activating group) is 1. The predicted molar refractivity (Wildman–Crippen MR) is 178 cm³/mol. The van der Waals surface area contributed by atoms with E-state index in [-0.39, 0.29) is 37.2 Å². The van der Waals surface area contributed by atoms with Crippen LogP contribution in [0.25, 0.3) is 0 Å². The predicted octanol–water partition coefficient (Wildman–Crippen LogP) is 3.18. The molecule has 0 bridgehead atoms. The summed E-state index contributed by atoms with van der Waals surface area (Å²) in [7, 11) is 3.98. The van der Waals surface area contributed by atoms with E-state index in [1.54, 1.807) is 12.1 Å². The Labute approximate surface area is 270 Å². The first-order valence-corrected chi connectivity index (χ1v) is 15.8. The van der Waals surface area contributed by atoms with Crippen LogP contribution in [0.15, 0.2) is 78.9 Å². The number of halogens is 1. The smallest absolute Gasteiger partial charge is 0.243 e. The molecule has 240 valence electrons. The molecule has 1 fully saturated rings. The lowest BCUT2D eigenvalue weighted by Crippen LogP contribution is -2.51. The van der Waals surface area contributed by atoms with Crippen LogP contribution in [-0.2, 0) is 33.8 Å². The minimum atomic E-state index is -0.882. The molecule has 3 aromatic carbocycles. The highest BCUT2D eigenvalue weighted by Gasteiger charge is 2.41. The van der Waals surface area contributed by atoms with Gasteiger partial charge in [0.15, 0.2) is 0 Å². The number of hydrogen-bond donors (Lipinski definition) is 4. The fourth-order valence-corrected chi connectivity index (χ4v) is 5.72. The average Bonchev–Trinajstić information content (AvgIpc) is 3.42. The van der Waals surface area contributed by atoms with Gasteiger partial charge in [0.05, 0.1) is 18.1 Å². The molecule has 0 spiro atoms. The second-order valence-electron chi connectivity index (χ2n) is 11.8. The maximum absolute atomic E-state index is 13.6. The van der Waals surface area contributed by atoms with E-state index >= 15 is 0 Å². The van der Waals surface area contributed by atoms with E-state index in [4.69, 9.17) is 11.6 Å². The summed E-state index contributed by atoms with van der Waals surface area (Å²) in [5.41, 5.74) is 4.01. The summed E-state index contributed by atoms with van der Waals surface area (Å²) in [6.07, 6.45) is -0.153. The van der Waals surface area contributed by atoms with Crippen molar-refractivity contribution in [1.29, 1.82) is 0 Å². The third-order valence-electron chi connectivity index (χ3n) is 8.10. The minimum absolute atomic E-state index is 0.00300. The molecular weight excluding hydrogens is 590 g/mol. The van der Waals surface area contributed by atoms with Gasteiger partial charge in [-0.05, 0) is 54.3 Å². The maximum Gasteiger partial charge on any atom is 0.243 e. The van der Waals surface area contributed by atoms with Crippen LogP contribution in [0.1, 0.15) is 30.0 Å². The molecule has 2 unspecified atom stereocenters. The van der Waals surface area contributed by atoms with E-state index in [1.807, 2.05) is 86.6 Å². The van der Waals surface area contributed by atoms with Gasteiger partial charge in [-0.15, -0.1) is 0 Å². The topological polar surface area (TPSA) is 114 Å². The van der Waals surface area contributed by atoms with Crippen molar-refractivity contribution >= 4 is 35.0 Å². The lowest BCUT2D eigenvalue weighted by Gasteiger charge is -2.28. The number of aliphatic hydroxyl groups is 1. The molecule has 1 saturated heterocycles. The number of benzene rings is 3. The number of nitrogens with one attached hydrogen (secondary N) is 3. The van der Waals surface area contributed by atoms with Gasteiger partial charge < -0.3 is 30.9 Å². The zero-order valence-corrected chi connectivity index (χ0v) is 27.0. The summed E-state index contributed by atoms with van der Waals surface area (Å²) in [6, 6.07) is 23.7. The van der Waals surface area contributed by atoms with E-state index in [1.165, 1.54) is 4.90 Å². The Hall–Kier alpha value is -3.92. The molecule has 0 saturated carbocycles. The first kappa shape index (κ1) is 34.0. The van der Waals surface area contributed by atoms with E-state index in [2.05, 4.69) is 22.0 Å². The summed E-state index contributed by atoms with van der Waals surface area (Å²) >= 11 is 6.04. The first-order chi connectivity index (χ1) is 21.6. The Morgan fingerprint density at radius 1 is 0.978 bits per heavy atom. The van der Waals surface area contributed by atoms with Crippen LogP contribution in [0.2, 0.25) is 5.02 Å². The van der Waals surface area contributed by atoms with Crippen LogP contribution in [0.3, 0.4) is 0 Å². The number of hydrogen-bond acceptors (Lipinski definition) is 6. The van der Waals surface area contributed by atoms with E-state index in [0.29, 0.717) is 31.0 Å². The Kier molecular flexibility index (Phi) is 12.4. The Morgan fingerprint density at radius 3 is 2.36 bits per heavy atom. The van der Waals surface area contributed by atoms with Crippen molar-refractivity contribution in [2.24, 2.45) is 5.92 Å². The molecule has 4 atom stereocenters. The molecule has 0 aliphatic carbocycles. The lowest BCUT2D eigenvalue weighted by molar-refractivity contribution is -0.137. The normalized spacial score (nSPS) is 16.6. The number of carbonyl (C=O) groups is 3. The molecule has 0 aromatic heterocycles. The number of amides is 3. The molecular formula is C35H44ClN5O4. The fraction of sp³-hybridized carbons (Fsp3) is 0.400. The third kappa shape index (κ3) is 9.78. The molecule has 10 heteroatoms. The summed E-state index contributed by atoms with van der Waals surface area (Å²) < 4.78 is 0. The van der Waals surface area contributed by atoms with Crippen LogP contribution in [0.5, 0.6) is 0 Å². The monoisotopic (exact) mass is 633 g/mol. The lowest BCUT2D eigenvalue weighted by atomic mass is 9.99. The van der Waals surface area contributed by atoms with Gasteiger partial charge in [-0.25, -0.2) is 0 Å². The quantitative estimate of drug-likeness (QED) is 0.205.